The van der Waals surface area contributed by atoms with Gasteiger partial charge in [0.2, 0.25) is 0 Å². The summed E-state index contributed by atoms with van der Waals surface area (Å²) in [4.78, 5) is 15.3. The first kappa shape index (κ1) is 26.7. The van der Waals surface area contributed by atoms with Crippen LogP contribution in [0.1, 0.15) is 11.3 Å². The summed E-state index contributed by atoms with van der Waals surface area (Å²) in [5, 5.41) is 8.68. The molecule has 10 rings (SSSR count). The molecule has 0 saturated carbocycles. The van der Waals surface area contributed by atoms with E-state index in [2.05, 4.69) is 66.0 Å². The topological polar surface area (TPSA) is 77.0 Å². The van der Waals surface area contributed by atoms with Crippen molar-refractivity contribution >= 4 is 49.8 Å². The van der Waals surface area contributed by atoms with Gasteiger partial charge in [0, 0.05) is 51.2 Å². The third kappa shape index (κ3) is 4.16. The van der Waals surface area contributed by atoms with Gasteiger partial charge in [-0.1, -0.05) is 103 Å². The molecule has 0 atom stereocenters. The molecule has 0 fully saturated rings. The van der Waals surface area contributed by atoms with Gasteiger partial charge in [-0.2, -0.15) is 0 Å². The normalized spacial score (nSPS) is 12.6. The van der Waals surface area contributed by atoms with Crippen LogP contribution < -0.4 is 5.32 Å². The van der Waals surface area contributed by atoms with Crippen LogP contribution in [0.2, 0.25) is 0 Å². The van der Waals surface area contributed by atoms with Crippen molar-refractivity contribution in [2.75, 3.05) is 0 Å². The summed E-state index contributed by atoms with van der Waals surface area (Å²) in [7, 11) is 0. The van der Waals surface area contributed by atoms with Crippen molar-refractivity contribution in [2.45, 2.75) is 6.54 Å². The Morgan fingerprint density at radius 2 is 1.21 bits per heavy atom. The molecule has 0 saturated heterocycles. The molecule has 1 aliphatic rings. The molecule has 0 bridgehead atoms. The van der Waals surface area contributed by atoms with Gasteiger partial charge < -0.3 is 14.2 Å². The Kier molecular flexibility index (Phi) is 5.84. The smallest absolute Gasteiger partial charge is 0.164 e. The Morgan fingerprint density at radius 1 is 0.500 bits per heavy atom. The lowest BCUT2D eigenvalue weighted by atomic mass is 9.94. The van der Waals surface area contributed by atoms with Crippen LogP contribution in [0.3, 0.4) is 0 Å². The minimum absolute atomic E-state index is 0.601. The van der Waals surface area contributed by atoms with E-state index in [1.54, 1.807) is 0 Å². The van der Waals surface area contributed by atoms with Crippen LogP contribution in [0.25, 0.3) is 95.0 Å². The fourth-order valence-electron chi connectivity index (χ4n) is 7.02. The maximum atomic E-state index is 6.22. The molecule has 9 aromatic rings. The molecule has 48 heavy (non-hydrogen) atoms. The van der Waals surface area contributed by atoms with E-state index in [9.17, 15) is 0 Å². The SMILES string of the molecule is C1=Cc2oc3cccc(-c4ccc5c(-c6nc(-c7ccccc7)nc(-c7cccc8oc9ccccc9c78)n6)cccc5c4)c3c2CN1. The summed E-state index contributed by atoms with van der Waals surface area (Å²) >= 11 is 0. The van der Waals surface area contributed by atoms with Crippen LogP contribution in [0.5, 0.6) is 0 Å². The maximum Gasteiger partial charge on any atom is 0.164 e. The average molecular weight is 619 g/mol. The van der Waals surface area contributed by atoms with Crippen molar-refractivity contribution in [3.63, 3.8) is 0 Å². The van der Waals surface area contributed by atoms with Crippen molar-refractivity contribution in [1.82, 2.24) is 20.3 Å². The zero-order valence-corrected chi connectivity index (χ0v) is 25.6. The lowest BCUT2D eigenvalue weighted by Crippen LogP contribution is -2.08. The van der Waals surface area contributed by atoms with Crippen molar-refractivity contribution in [3.05, 3.63) is 145 Å². The first-order valence-corrected chi connectivity index (χ1v) is 16.0. The van der Waals surface area contributed by atoms with Gasteiger partial charge in [0.1, 0.15) is 22.5 Å². The van der Waals surface area contributed by atoms with Gasteiger partial charge in [0.05, 0.1) is 0 Å². The summed E-state index contributed by atoms with van der Waals surface area (Å²) in [6, 6.07) is 43.4. The summed E-state index contributed by atoms with van der Waals surface area (Å²) in [6.07, 6.45) is 3.94. The quantitative estimate of drug-likeness (QED) is 0.211. The Balaban J connectivity index is 1.17. The van der Waals surface area contributed by atoms with Crippen LogP contribution in [0, 0.1) is 0 Å². The number of benzene rings is 6. The van der Waals surface area contributed by atoms with Gasteiger partial charge in [-0.05, 0) is 52.2 Å². The molecule has 0 radical (unpaired) electrons. The van der Waals surface area contributed by atoms with E-state index in [4.69, 9.17) is 23.8 Å². The molecule has 6 aromatic carbocycles. The zero-order valence-electron chi connectivity index (χ0n) is 25.6. The lowest BCUT2D eigenvalue weighted by molar-refractivity contribution is 0.592. The Bertz CT molecular complexity index is 2740. The van der Waals surface area contributed by atoms with E-state index in [0.717, 1.165) is 83.8 Å². The molecular weight excluding hydrogens is 592 g/mol. The molecule has 0 unspecified atom stereocenters. The van der Waals surface area contributed by atoms with Gasteiger partial charge in [-0.25, -0.2) is 15.0 Å². The predicted molar refractivity (Wildman–Crippen MR) is 192 cm³/mol. The first-order chi connectivity index (χ1) is 23.8. The van der Waals surface area contributed by atoms with Crippen LogP contribution in [0.4, 0.5) is 0 Å². The fraction of sp³-hybridized carbons (Fsp3) is 0.0238. The van der Waals surface area contributed by atoms with Crippen molar-refractivity contribution in [3.8, 4) is 45.3 Å². The maximum absolute atomic E-state index is 6.22. The van der Waals surface area contributed by atoms with Gasteiger partial charge in [-0.3, -0.25) is 0 Å². The van der Waals surface area contributed by atoms with Crippen molar-refractivity contribution in [2.24, 2.45) is 0 Å². The molecule has 6 heteroatoms. The van der Waals surface area contributed by atoms with Crippen LogP contribution >= 0.6 is 0 Å². The van der Waals surface area contributed by atoms with E-state index >= 15 is 0 Å². The molecule has 6 nitrogen and oxygen atoms in total. The average Bonchev–Trinajstić information content (AvgIpc) is 3.73. The van der Waals surface area contributed by atoms with E-state index in [1.807, 2.05) is 79.0 Å². The second-order valence-electron chi connectivity index (χ2n) is 12.0. The number of aromatic nitrogens is 3. The van der Waals surface area contributed by atoms with Gasteiger partial charge >= 0.3 is 0 Å². The number of hydrogen-bond acceptors (Lipinski definition) is 6. The Hall–Kier alpha value is -6.53. The number of furan rings is 2. The van der Waals surface area contributed by atoms with E-state index in [0.29, 0.717) is 17.5 Å². The number of para-hydroxylation sites is 1. The van der Waals surface area contributed by atoms with Crippen molar-refractivity contribution < 1.29 is 8.83 Å². The number of fused-ring (bicyclic) bond motifs is 7. The highest BCUT2D eigenvalue weighted by Crippen LogP contribution is 2.40. The van der Waals surface area contributed by atoms with Gasteiger partial charge in [0.15, 0.2) is 17.5 Å². The highest BCUT2D eigenvalue weighted by atomic mass is 16.3. The lowest BCUT2D eigenvalue weighted by Gasteiger charge is -2.12. The number of nitrogens with zero attached hydrogens (tertiary/aromatic N) is 3. The van der Waals surface area contributed by atoms with E-state index in [1.165, 1.54) is 5.56 Å². The molecular formula is C42H26N4O2. The molecule has 0 aliphatic carbocycles. The molecule has 1 N–H and O–H groups in total. The van der Waals surface area contributed by atoms with Gasteiger partial charge in [-0.15, -0.1) is 0 Å². The summed E-state index contributed by atoms with van der Waals surface area (Å²) < 4.78 is 12.4. The minimum Gasteiger partial charge on any atom is -0.456 e. The largest absolute Gasteiger partial charge is 0.456 e. The monoisotopic (exact) mass is 618 g/mol. The first-order valence-electron chi connectivity index (χ1n) is 16.0. The van der Waals surface area contributed by atoms with Crippen molar-refractivity contribution in [1.29, 1.82) is 0 Å². The van der Waals surface area contributed by atoms with Crippen LogP contribution in [-0.4, -0.2) is 15.0 Å². The number of rotatable bonds is 4. The third-order valence-corrected chi connectivity index (χ3v) is 9.22. The third-order valence-electron chi connectivity index (χ3n) is 9.22. The molecule has 226 valence electrons. The zero-order chi connectivity index (χ0) is 31.6. The second-order valence-corrected chi connectivity index (χ2v) is 12.0. The molecule has 4 heterocycles. The van der Waals surface area contributed by atoms with E-state index in [-0.39, 0.29) is 0 Å². The Labute approximate surface area is 275 Å². The van der Waals surface area contributed by atoms with E-state index < -0.39 is 0 Å². The standard InChI is InChI=1S/C42H26N4O2/c1-2-9-25(10-3-1)40-44-41(46-42(45-40)32-15-8-18-37-39(32)31-12-4-5-16-34(31)47-37)30-14-6-11-26-23-27(19-20-28(26)30)29-13-7-17-36-38(29)33-24-43-22-21-35(33)48-36/h1-23,43H,24H2. The molecule has 1 aliphatic heterocycles. The predicted octanol–water partition coefficient (Wildman–Crippen LogP) is 10.4. The second kappa shape index (κ2) is 10.5. The number of hydrogen-bond donors (Lipinski definition) is 1. The van der Waals surface area contributed by atoms with Crippen LogP contribution in [0.15, 0.2) is 142 Å². The van der Waals surface area contributed by atoms with Crippen LogP contribution in [-0.2, 0) is 6.54 Å². The number of nitrogens with one attached hydrogen (secondary N) is 1. The highest BCUT2D eigenvalue weighted by Gasteiger charge is 2.20. The fourth-order valence-corrected chi connectivity index (χ4v) is 7.02. The minimum atomic E-state index is 0.601. The molecule has 0 spiro atoms. The van der Waals surface area contributed by atoms with Gasteiger partial charge in [0.25, 0.3) is 0 Å². The molecule has 0 amide bonds. The Morgan fingerprint density at radius 3 is 2.10 bits per heavy atom. The summed E-state index contributed by atoms with van der Waals surface area (Å²) in [5.41, 5.74) is 8.76. The molecule has 3 aromatic heterocycles. The summed E-state index contributed by atoms with van der Waals surface area (Å²) in [5.74, 6) is 2.75. The highest BCUT2D eigenvalue weighted by molar-refractivity contribution is 6.12. The summed E-state index contributed by atoms with van der Waals surface area (Å²) in [6.45, 7) is 0.737.